The number of methoxy groups -OCH3 is 1. The third-order valence-electron chi connectivity index (χ3n) is 4.53. The Hall–Kier alpha value is -1.75. The molecular formula is C16H25N3O2. The molecule has 0 atom stereocenters. The van der Waals surface area contributed by atoms with Crippen LogP contribution in [0, 0.1) is 0 Å². The van der Waals surface area contributed by atoms with Crippen LogP contribution in [0.5, 0.6) is 5.75 Å². The highest BCUT2D eigenvalue weighted by atomic mass is 16.5. The van der Waals surface area contributed by atoms with Crippen LogP contribution in [0.1, 0.15) is 36.0 Å². The van der Waals surface area contributed by atoms with E-state index in [1.807, 2.05) is 0 Å². The number of amides is 1. The summed E-state index contributed by atoms with van der Waals surface area (Å²) in [4.78, 5) is 14.7. The van der Waals surface area contributed by atoms with Gasteiger partial charge in [-0.3, -0.25) is 4.79 Å². The Balaban J connectivity index is 2.10. The fourth-order valence-electron chi connectivity index (χ4n) is 3.06. The zero-order valence-electron chi connectivity index (χ0n) is 13.1. The molecule has 0 radical (unpaired) electrons. The van der Waals surface area contributed by atoms with Crippen molar-refractivity contribution in [3.05, 3.63) is 23.8 Å². The molecule has 21 heavy (non-hydrogen) atoms. The van der Waals surface area contributed by atoms with Crippen LogP contribution in [-0.2, 0) is 0 Å². The van der Waals surface area contributed by atoms with Crippen LogP contribution in [0.3, 0.4) is 0 Å². The predicted octanol–water partition coefficient (Wildman–Crippen LogP) is 1.88. The second kappa shape index (κ2) is 6.35. The SMILES string of the molecule is COc1ccc(N)cc1C(=O)NCC1(N(C)C)CCCC1. The van der Waals surface area contributed by atoms with E-state index >= 15 is 0 Å². The summed E-state index contributed by atoms with van der Waals surface area (Å²) in [6.45, 7) is 0.650. The highest BCUT2D eigenvalue weighted by Gasteiger charge is 2.36. The Kier molecular flexibility index (Phi) is 4.73. The minimum absolute atomic E-state index is 0.0726. The van der Waals surface area contributed by atoms with Gasteiger partial charge < -0.3 is 20.7 Å². The summed E-state index contributed by atoms with van der Waals surface area (Å²) in [7, 11) is 5.72. The van der Waals surface area contributed by atoms with Crippen LogP contribution in [0.25, 0.3) is 0 Å². The molecule has 3 N–H and O–H groups in total. The Morgan fingerprint density at radius 1 is 1.38 bits per heavy atom. The van der Waals surface area contributed by atoms with Gasteiger partial charge >= 0.3 is 0 Å². The molecule has 0 unspecified atom stereocenters. The molecule has 0 aromatic heterocycles. The Labute approximate surface area is 126 Å². The average molecular weight is 291 g/mol. The molecule has 5 heteroatoms. The maximum absolute atomic E-state index is 12.4. The second-order valence-corrected chi connectivity index (χ2v) is 5.97. The van der Waals surface area contributed by atoms with Crippen molar-refractivity contribution in [2.24, 2.45) is 0 Å². The topological polar surface area (TPSA) is 67.6 Å². The maximum Gasteiger partial charge on any atom is 0.255 e. The number of likely N-dealkylation sites (N-methyl/N-ethyl adjacent to an activating group) is 1. The van der Waals surface area contributed by atoms with Crippen molar-refractivity contribution >= 4 is 11.6 Å². The zero-order valence-corrected chi connectivity index (χ0v) is 13.1. The molecule has 1 aliphatic carbocycles. The Morgan fingerprint density at radius 3 is 2.62 bits per heavy atom. The molecule has 1 saturated carbocycles. The zero-order chi connectivity index (χ0) is 15.5. The maximum atomic E-state index is 12.4. The molecule has 0 aliphatic heterocycles. The van der Waals surface area contributed by atoms with Gasteiger partial charge in [0.15, 0.2) is 0 Å². The fourth-order valence-corrected chi connectivity index (χ4v) is 3.06. The second-order valence-electron chi connectivity index (χ2n) is 5.97. The first-order valence-corrected chi connectivity index (χ1v) is 7.38. The number of anilines is 1. The van der Waals surface area contributed by atoms with E-state index < -0.39 is 0 Å². The molecule has 116 valence electrons. The summed E-state index contributed by atoms with van der Waals surface area (Å²) < 4.78 is 5.24. The molecule has 0 bridgehead atoms. The van der Waals surface area contributed by atoms with Gasteiger partial charge in [-0.1, -0.05) is 12.8 Å². The van der Waals surface area contributed by atoms with Crippen LogP contribution >= 0.6 is 0 Å². The van der Waals surface area contributed by atoms with E-state index in [4.69, 9.17) is 10.5 Å². The molecule has 5 nitrogen and oxygen atoms in total. The molecule has 1 amide bonds. The number of benzene rings is 1. The molecular weight excluding hydrogens is 266 g/mol. The molecule has 2 rings (SSSR count). The molecule has 0 heterocycles. The third kappa shape index (κ3) is 3.29. The van der Waals surface area contributed by atoms with E-state index in [1.54, 1.807) is 25.3 Å². The smallest absolute Gasteiger partial charge is 0.255 e. The third-order valence-corrected chi connectivity index (χ3v) is 4.53. The molecule has 1 fully saturated rings. The highest BCUT2D eigenvalue weighted by Crippen LogP contribution is 2.33. The van der Waals surface area contributed by atoms with E-state index in [0.29, 0.717) is 23.5 Å². The van der Waals surface area contributed by atoms with Crippen LogP contribution in [-0.4, -0.2) is 44.1 Å². The van der Waals surface area contributed by atoms with Gasteiger partial charge in [0.25, 0.3) is 5.91 Å². The van der Waals surface area contributed by atoms with Gasteiger partial charge in [-0.2, -0.15) is 0 Å². The highest BCUT2D eigenvalue weighted by molar-refractivity contribution is 5.97. The molecule has 0 spiro atoms. The fraction of sp³-hybridized carbons (Fsp3) is 0.562. The van der Waals surface area contributed by atoms with Crippen LogP contribution in [0.15, 0.2) is 18.2 Å². The van der Waals surface area contributed by atoms with E-state index in [0.717, 1.165) is 12.8 Å². The van der Waals surface area contributed by atoms with Crippen LogP contribution in [0.4, 0.5) is 5.69 Å². The quantitative estimate of drug-likeness (QED) is 0.813. The Morgan fingerprint density at radius 2 is 2.05 bits per heavy atom. The summed E-state index contributed by atoms with van der Waals surface area (Å²) in [6, 6.07) is 5.11. The van der Waals surface area contributed by atoms with Crippen LogP contribution in [0.2, 0.25) is 0 Å². The average Bonchev–Trinajstić information content (AvgIpc) is 2.95. The monoisotopic (exact) mass is 291 g/mol. The van der Waals surface area contributed by atoms with Gasteiger partial charge in [0.05, 0.1) is 12.7 Å². The number of nitrogens with zero attached hydrogens (tertiary/aromatic N) is 1. The molecule has 1 aromatic rings. The minimum atomic E-state index is -0.132. The van der Waals surface area contributed by atoms with Crippen molar-refractivity contribution in [2.75, 3.05) is 33.5 Å². The van der Waals surface area contributed by atoms with Crippen molar-refractivity contribution in [3.63, 3.8) is 0 Å². The van der Waals surface area contributed by atoms with E-state index in [2.05, 4.69) is 24.3 Å². The first-order chi connectivity index (χ1) is 9.98. The lowest BCUT2D eigenvalue weighted by atomic mass is 9.96. The summed E-state index contributed by atoms with van der Waals surface area (Å²) in [5, 5.41) is 3.05. The lowest BCUT2D eigenvalue weighted by molar-refractivity contribution is 0.0897. The normalized spacial score (nSPS) is 17.0. The summed E-state index contributed by atoms with van der Waals surface area (Å²) in [5.41, 5.74) is 6.89. The van der Waals surface area contributed by atoms with E-state index in [9.17, 15) is 4.79 Å². The summed E-state index contributed by atoms with van der Waals surface area (Å²) >= 11 is 0. The standard InChI is InChI=1S/C16H25N3O2/c1-19(2)16(8-4-5-9-16)11-18-15(20)13-10-12(17)6-7-14(13)21-3/h6-7,10H,4-5,8-9,11,17H2,1-3H3,(H,18,20). The molecule has 1 aliphatic rings. The van der Waals surface area contributed by atoms with Crippen molar-refractivity contribution < 1.29 is 9.53 Å². The number of carbonyl (C=O) groups excluding carboxylic acids is 1. The number of nitrogen functional groups attached to an aromatic ring is 1. The van der Waals surface area contributed by atoms with Crippen molar-refractivity contribution in [2.45, 2.75) is 31.2 Å². The van der Waals surface area contributed by atoms with Gasteiger partial charge in [0, 0.05) is 17.8 Å². The lowest BCUT2D eigenvalue weighted by Crippen LogP contribution is -2.50. The lowest BCUT2D eigenvalue weighted by Gasteiger charge is -2.36. The largest absolute Gasteiger partial charge is 0.496 e. The summed E-state index contributed by atoms with van der Waals surface area (Å²) in [5.74, 6) is 0.416. The van der Waals surface area contributed by atoms with E-state index in [1.165, 1.54) is 12.8 Å². The number of hydrogen-bond donors (Lipinski definition) is 2. The number of carbonyl (C=O) groups is 1. The van der Waals surface area contributed by atoms with Gasteiger partial charge in [-0.05, 0) is 45.1 Å². The first kappa shape index (κ1) is 15.6. The van der Waals surface area contributed by atoms with Gasteiger partial charge in [-0.25, -0.2) is 0 Å². The van der Waals surface area contributed by atoms with Crippen molar-refractivity contribution in [1.82, 2.24) is 10.2 Å². The minimum Gasteiger partial charge on any atom is -0.496 e. The molecule has 1 aromatic carbocycles. The van der Waals surface area contributed by atoms with Crippen molar-refractivity contribution in [1.29, 1.82) is 0 Å². The Bertz CT molecular complexity index is 508. The summed E-state index contributed by atoms with van der Waals surface area (Å²) in [6.07, 6.45) is 4.67. The number of ether oxygens (including phenoxy) is 1. The van der Waals surface area contributed by atoms with Crippen LogP contribution < -0.4 is 15.8 Å². The number of rotatable bonds is 5. The number of nitrogens with two attached hydrogens (primary N) is 1. The van der Waals surface area contributed by atoms with Crippen molar-refractivity contribution in [3.8, 4) is 5.75 Å². The number of hydrogen-bond acceptors (Lipinski definition) is 4. The van der Waals surface area contributed by atoms with Gasteiger partial charge in [0.1, 0.15) is 5.75 Å². The van der Waals surface area contributed by atoms with E-state index in [-0.39, 0.29) is 11.4 Å². The first-order valence-electron chi connectivity index (χ1n) is 7.38. The van der Waals surface area contributed by atoms with Gasteiger partial charge in [0.2, 0.25) is 0 Å². The van der Waals surface area contributed by atoms with Gasteiger partial charge in [-0.15, -0.1) is 0 Å². The predicted molar refractivity (Wildman–Crippen MR) is 84.6 cm³/mol. The molecule has 0 saturated heterocycles. The number of nitrogens with one attached hydrogen (secondary N) is 1.